The molecule has 0 aliphatic carbocycles. The maximum absolute atomic E-state index is 11.7. The predicted octanol–water partition coefficient (Wildman–Crippen LogP) is 2.40. The first-order valence-electron chi connectivity index (χ1n) is 4.58. The molecular formula is C11H12O3S. The molecule has 1 aliphatic rings. The number of thioether (sulfide) groups is 1. The Balaban J connectivity index is 2.64. The lowest BCUT2D eigenvalue weighted by atomic mass is 10.0. The summed E-state index contributed by atoms with van der Waals surface area (Å²) < 4.78 is 10.5. The molecule has 1 aromatic rings. The predicted molar refractivity (Wildman–Crippen MR) is 58.0 cm³/mol. The number of benzene rings is 1. The summed E-state index contributed by atoms with van der Waals surface area (Å²) >= 11 is 1.53. The Labute approximate surface area is 92.8 Å². The van der Waals surface area contributed by atoms with Gasteiger partial charge in [0.25, 0.3) is 0 Å². The van der Waals surface area contributed by atoms with Crippen LogP contribution in [0.4, 0.5) is 0 Å². The third-order valence-electron chi connectivity index (χ3n) is 2.62. The Bertz CT molecular complexity index is 416. The van der Waals surface area contributed by atoms with Crippen molar-refractivity contribution in [2.24, 2.45) is 0 Å². The fourth-order valence-electron chi connectivity index (χ4n) is 1.72. The monoisotopic (exact) mass is 224 g/mol. The lowest BCUT2D eigenvalue weighted by molar-refractivity contribution is -0.172. The van der Waals surface area contributed by atoms with Gasteiger partial charge in [0.2, 0.25) is 5.79 Å². The first-order valence-corrected chi connectivity index (χ1v) is 5.81. The molecule has 1 aromatic carbocycles. The molecule has 3 nitrogen and oxygen atoms in total. The van der Waals surface area contributed by atoms with E-state index in [0.29, 0.717) is 5.56 Å². The number of ether oxygens (including phenoxy) is 2. The third kappa shape index (κ3) is 1.44. The number of carbonyl (C=O) groups excluding carboxylic acids is 1. The summed E-state index contributed by atoms with van der Waals surface area (Å²) in [5.41, 5.74) is 1.44. The molecule has 0 saturated heterocycles. The minimum atomic E-state index is -0.932. The van der Waals surface area contributed by atoms with Gasteiger partial charge in [-0.3, -0.25) is 0 Å². The Hall–Kier alpha value is -1.00. The molecule has 1 heterocycles. The van der Waals surface area contributed by atoms with Crippen molar-refractivity contribution in [1.29, 1.82) is 0 Å². The molecule has 0 fully saturated rings. The highest BCUT2D eigenvalue weighted by atomic mass is 32.2. The van der Waals surface area contributed by atoms with Crippen LogP contribution < -0.4 is 0 Å². The van der Waals surface area contributed by atoms with Crippen LogP contribution in [0.1, 0.15) is 22.8 Å². The molecule has 1 atom stereocenters. The van der Waals surface area contributed by atoms with Crippen LogP contribution in [0.5, 0.6) is 0 Å². The van der Waals surface area contributed by atoms with Gasteiger partial charge in [-0.05, 0) is 12.3 Å². The van der Waals surface area contributed by atoms with Gasteiger partial charge in [-0.2, -0.15) is 0 Å². The standard InChI is InChI=1S/C11H12O3S/c1-11(13-2)7-5-4-6-8(15-3)9(7)10(12)14-11/h4-6H,1-3H3. The molecule has 0 spiro atoms. The van der Waals surface area contributed by atoms with Crippen LogP contribution >= 0.6 is 11.8 Å². The summed E-state index contributed by atoms with van der Waals surface area (Å²) in [6, 6.07) is 5.68. The van der Waals surface area contributed by atoms with Crippen LogP contribution in [0, 0.1) is 0 Å². The van der Waals surface area contributed by atoms with Gasteiger partial charge >= 0.3 is 5.97 Å². The SMILES string of the molecule is COC1(C)OC(=O)c2c(SC)cccc21. The number of rotatable bonds is 2. The second-order valence-corrected chi connectivity index (χ2v) is 4.27. The fraction of sp³-hybridized carbons (Fsp3) is 0.364. The molecule has 1 unspecified atom stereocenters. The van der Waals surface area contributed by atoms with Crippen molar-refractivity contribution in [3.63, 3.8) is 0 Å². The molecule has 0 N–H and O–H groups in total. The number of hydrogen-bond donors (Lipinski definition) is 0. The van der Waals surface area contributed by atoms with Gasteiger partial charge < -0.3 is 9.47 Å². The minimum Gasteiger partial charge on any atom is -0.425 e. The molecule has 0 bridgehead atoms. The van der Waals surface area contributed by atoms with E-state index in [0.717, 1.165) is 10.5 Å². The molecule has 4 heteroatoms. The minimum absolute atomic E-state index is 0.306. The second kappa shape index (κ2) is 3.54. The van der Waals surface area contributed by atoms with E-state index in [4.69, 9.17) is 9.47 Å². The van der Waals surface area contributed by atoms with Gasteiger partial charge in [-0.15, -0.1) is 11.8 Å². The van der Waals surface area contributed by atoms with E-state index in [-0.39, 0.29) is 5.97 Å². The molecule has 80 valence electrons. The van der Waals surface area contributed by atoms with E-state index in [9.17, 15) is 4.79 Å². The number of methoxy groups -OCH3 is 1. The topological polar surface area (TPSA) is 35.5 Å². The lowest BCUT2D eigenvalue weighted by Crippen LogP contribution is -2.23. The fourth-order valence-corrected chi connectivity index (χ4v) is 2.34. The number of esters is 1. The number of carbonyl (C=O) groups is 1. The van der Waals surface area contributed by atoms with Crippen molar-refractivity contribution < 1.29 is 14.3 Å². The number of fused-ring (bicyclic) bond motifs is 1. The van der Waals surface area contributed by atoms with Crippen LogP contribution in [-0.2, 0) is 15.3 Å². The molecule has 0 saturated carbocycles. The van der Waals surface area contributed by atoms with Gasteiger partial charge in [0, 0.05) is 24.5 Å². The van der Waals surface area contributed by atoms with Crippen LogP contribution in [0.3, 0.4) is 0 Å². The summed E-state index contributed by atoms with van der Waals surface area (Å²) in [6.45, 7) is 1.75. The summed E-state index contributed by atoms with van der Waals surface area (Å²) in [4.78, 5) is 12.6. The van der Waals surface area contributed by atoms with Gasteiger partial charge in [-0.1, -0.05) is 12.1 Å². The zero-order valence-corrected chi connectivity index (χ0v) is 9.68. The maximum Gasteiger partial charge on any atom is 0.342 e. The van der Waals surface area contributed by atoms with Crippen molar-refractivity contribution in [2.75, 3.05) is 13.4 Å². The van der Waals surface area contributed by atoms with Crippen LogP contribution in [0.25, 0.3) is 0 Å². The third-order valence-corrected chi connectivity index (χ3v) is 3.40. The summed E-state index contributed by atoms with van der Waals surface area (Å²) in [5, 5.41) is 0. The Morgan fingerprint density at radius 3 is 2.80 bits per heavy atom. The summed E-state index contributed by atoms with van der Waals surface area (Å²) in [5.74, 6) is -1.24. The van der Waals surface area contributed by atoms with Crippen molar-refractivity contribution >= 4 is 17.7 Å². The molecule has 0 aromatic heterocycles. The molecule has 15 heavy (non-hydrogen) atoms. The first-order chi connectivity index (χ1) is 7.12. The first kappa shape index (κ1) is 10.5. The van der Waals surface area contributed by atoms with E-state index < -0.39 is 5.79 Å². The Kier molecular flexibility index (Phi) is 2.48. The van der Waals surface area contributed by atoms with E-state index >= 15 is 0 Å². The average molecular weight is 224 g/mol. The molecule has 0 amide bonds. The van der Waals surface area contributed by atoms with Crippen molar-refractivity contribution in [3.05, 3.63) is 29.3 Å². The zero-order chi connectivity index (χ0) is 11.1. The van der Waals surface area contributed by atoms with Gasteiger partial charge in [0.05, 0.1) is 5.56 Å². The van der Waals surface area contributed by atoms with Crippen LogP contribution in [-0.4, -0.2) is 19.3 Å². The second-order valence-electron chi connectivity index (χ2n) is 3.42. The summed E-state index contributed by atoms with van der Waals surface area (Å²) in [7, 11) is 1.54. The van der Waals surface area contributed by atoms with E-state index in [1.807, 2.05) is 24.5 Å². The van der Waals surface area contributed by atoms with E-state index in [1.165, 1.54) is 18.9 Å². The average Bonchev–Trinajstić information content (AvgIpc) is 2.52. The Morgan fingerprint density at radius 2 is 2.20 bits per heavy atom. The Morgan fingerprint density at radius 1 is 1.47 bits per heavy atom. The van der Waals surface area contributed by atoms with Crippen molar-refractivity contribution in [2.45, 2.75) is 17.6 Å². The van der Waals surface area contributed by atoms with Crippen molar-refractivity contribution in [3.8, 4) is 0 Å². The normalized spacial score (nSPS) is 23.8. The maximum atomic E-state index is 11.7. The van der Waals surface area contributed by atoms with E-state index in [2.05, 4.69) is 0 Å². The largest absolute Gasteiger partial charge is 0.425 e. The quantitative estimate of drug-likeness (QED) is 0.571. The smallest absolute Gasteiger partial charge is 0.342 e. The van der Waals surface area contributed by atoms with Gasteiger partial charge in [-0.25, -0.2) is 4.79 Å². The van der Waals surface area contributed by atoms with Crippen LogP contribution in [0.15, 0.2) is 23.1 Å². The molecule has 2 rings (SSSR count). The number of cyclic esters (lactones) is 1. The highest BCUT2D eigenvalue weighted by molar-refractivity contribution is 7.98. The highest BCUT2D eigenvalue weighted by Gasteiger charge is 2.43. The molecular weight excluding hydrogens is 212 g/mol. The summed E-state index contributed by atoms with van der Waals surface area (Å²) in [6.07, 6.45) is 1.94. The number of hydrogen-bond acceptors (Lipinski definition) is 4. The molecule has 0 radical (unpaired) electrons. The van der Waals surface area contributed by atoms with E-state index in [1.54, 1.807) is 6.92 Å². The lowest BCUT2D eigenvalue weighted by Gasteiger charge is -2.21. The van der Waals surface area contributed by atoms with Gasteiger partial charge in [0.15, 0.2) is 0 Å². The molecule has 1 aliphatic heterocycles. The van der Waals surface area contributed by atoms with Gasteiger partial charge in [0.1, 0.15) is 0 Å². The highest BCUT2D eigenvalue weighted by Crippen LogP contribution is 2.40. The zero-order valence-electron chi connectivity index (χ0n) is 8.87. The van der Waals surface area contributed by atoms with Crippen LogP contribution in [0.2, 0.25) is 0 Å². The van der Waals surface area contributed by atoms with Crippen molar-refractivity contribution in [1.82, 2.24) is 0 Å².